The van der Waals surface area contributed by atoms with Crippen LogP contribution in [0.5, 0.6) is 0 Å². The Morgan fingerprint density at radius 1 is 1.17 bits per heavy atom. The lowest BCUT2D eigenvalue weighted by Crippen LogP contribution is -2.48. The highest BCUT2D eigenvalue weighted by Crippen LogP contribution is 2.38. The topological polar surface area (TPSA) is 71.7 Å². The zero-order valence-electron chi connectivity index (χ0n) is 18.0. The maximum Gasteiger partial charge on any atom is 0.191 e. The quantitative estimate of drug-likeness (QED) is 0.304. The smallest absolute Gasteiger partial charge is 0.191 e. The van der Waals surface area contributed by atoms with Gasteiger partial charge in [-0.2, -0.15) is 0 Å². The monoisotopic (exact) mass is 546 g/mol. The van der Waals surface area contributed by atoms with Crippen molar-refractivity contribution in [3.8, 4) is 0 Å². The van der Waals surface area contributed by atoms with E-state index in [2.05, 4.69) is 46.8 Å². The Labute approximate surface area is 201 Å². The van der Waals surface area contributed by atoms with Gasteiger partial charge in [0.15, 0.2) is 5.96 Å². The minimum atomic E-state index is -0.0748. The van der Waals surface area contributed by atoms with Crippen LogP contribution in [-0.4, -0.2) is 37.9 Å². The molecule has 2 aromatic rings. The number of aromatic nitrogens is 1. The van der Waals surface area contributed by atoms with Gasteiger partial charge in [-0.05, 0) is 30.9 Å². The molecule has 0 bridgehead atoms. The number of aryl methyl sites for hydroxylation is 2. The normalized spacial score (nSPS) is 16.1. The Morgan fingerprint density at radius 2 is 1.90 bits per heavy atom. The van der Waals surface area contributed by atoms with E-state index in [9.17, 15) is 0 Å². The lowest BCUT2D eigenvalue weighted by atomic mass is 9.74. The second-order valence-corrected chi connectivity index (χ2v) is 7.80. The molecule has 166 valence electrons. The van der Waals surface area contributed by atoms with E-state index in [1.54, 1.807) is 7.05 Å². The summed E-state index contributed by atoms with van der Waals surface area (Å²) in [5, 5.41) is 11.9. The number of ether oxygens (including phenoxy) is 1. The van der Waals surface area contributed by atoms with Gasteiger partial charge >= 0.3 is 0 Å². The summed E-state index contributed by atoms with van der Waals surface area (Å²) < 4.78 is 11.1. The zero-order valence-corrected chi connectivity index (χ0v) is 21.0. The summed E-state index contributed by atoms with van der Waals surface area (Å²) >= 11 is 6.56. The third-order valence-corrected chi connectivity index (χ3v) is 6.08. The van der Waals surface area contributed by atoms with Crippen LogP contribution in [0.2, 0.25) is 5.02 Å². The standard InChI is InChI=1S/C22H31ClN4O2.HI/c1-4-19-16(20(5-2)29-27-19)14-25-21(24-3)26-15-22(10-12-28-13-11-22)17-8-6-7-9-18(17)23;/h6-9H,4-5,10-15H2,1-3H3,(H2,24,25,26);1H. The third kappa shape index (κ3) is 5.68. The van der Waals surface area contributed by atoms with Crippen molar-refractivity contribution < 1.29 is 9.26 Å². The van der Waals surface area contributed by atoms with Gasteiger partial charge in [-0.1, -0.05) is 48.8 Å². The van der Waals surface area contributed by atoms with Crippen LogP contribution < -0.4 is 10.6 Å². The molecule has 0 aliphatic carbocycles. The predicted octanol–water partition coefficient (Wildman–Crippen LogP) is 4.48. The fourth-order valence-corrected chi connectivity index (χ4v) is 4.31. The predicted molar refractivity (Wildman–Crippen MR) is 132 cm³/mol. The average molecular weight is 547 g/mol. The van der Waals surface area contributed by atoms with Crippen LogP contribution in [0.15, 0.2) is 33.8 Å². The number of hydrogen-bond donors (Lipinski definition) is 2. The minimum absolute atomic E-state index is 0. The number of guanidine groups is 1. The lowest BCUT2D eigenvalue weighted by molar-refractivity contribution is 0.0514. The van der Waals surface area contributed by atoms with Crippen molar-refractivity contribution in [1.82, 2.24) is 15.8 Å². The molecule has 8 heteroatoms. The number of hydrogen-bond acceptors (Lipinski definition) is 4. The molecule has 1 aliphatic heterocycles. The highest BCUT2D eigenvalue weighted by Gasteiger charge is 2.36. The first-order valence-electron chi connectivity index (χ1n) is 10.4. The highest BCUT2D eigenvalue weighted by atomic mass is 127. The Balaban J connectivity index is 0.00000320. The average Bonchev–Trinajstić information content (AvgIpc) is 3.17. The van der Waals surface area contributed by atoms with Crippen molar-refractivity contribution >= 4 is 41.5 Å². The van der Waals surface area contributed by atoms with Crippen LogP contribution in [0.25, 0.3) is 0 Å². The van der Waals surface area contributed by atoms with Crippen LogP contribution in [0.1, 0.15) is 49.3 Å². The number of halogens is 2. The summed E-state index contributed by atoms with van der Waals surface area (Å²) in [6.07, 6.45) is 3.52. The summed E-state index contributed by atoms with van der Waals surface area (Å²) in [7, 11) is 1.79. The molecule has 2 N–H and O–H groups in total. The Bertz CT molecular complexity index is 813. The van der Waals surface area contributed by atoms with Crippen molar-refractivity contribution in [1.29, 1.82) is 0 Å². The van der Waals surface area contributed by atoms with E-state index in [1.165, 1.54) is 5.56 Å². The van der Waals surface area contributed by atoms with Crippen LogP contribution in [0, 0.1) is 0 Å². The molecule has 0 radical (unpaired) electrons. The second kappa shape index (κ2) is 11.9. The summed E-state index contributed by atoms with van der Waals surface area (Å²) in [6.45, 7) is 7.02. The maximum atomic E-state index is 6.56. The van der Waals surface area contributed by atoms with Crippen molar-refractivity contribution in [2.24, 2.45) is 4.99 Å². The molecule has 30 heavy (non-hydrogen) atoms. The molecule has 1 fully saturated rings. The van der Waals surface area contributed by atoms with Crippen LogP contribution in [0.4, 0.5) is 0 Å². The first kappa shape index (κ1) is 24.9. The second-order valence-electron chi connectivity index (χ2n) is 7.39. The van der Waals surface area contributed by atoms with Gasteiger partial charge in [-0.25, -0.2) is 0 Å². The first-order valence-corrected chi connectivity index (χ1v) is 10.7. The van der Waals surface area contributed by atoms with Gasteiger partial charge < -0.3 is 19.9 Å². The highest BCUT2D eigenvalue weighted by molar-refractivity contribution is 14.0. The largest absolute Gasteiger partial charge is 0.381 e. The summed E-state index contributed by atoms with van der Waals surface area (Å²) in [4.78, 5) is 4.41. The van der Waals surface area contributed by atoms with E-state index in [1.807, 2.05) is 12.1 Å². The molecule has 1 aromatic heterocycles. The van der Waals surface area contributed by atoms with Crippen molar-refractivity contribution in [3.63, 3.8) is 0 Å². The number of nitrogens with zero attached hydrogens (tertiary/aromatic N) is 2. The molecule has 0 spiro atoms. The van der Waals surface area contributed by atoms with Crippen molar-refractivity contribution in [2.75, 3.05) is 26.8 Å². The van der Waals surface area contributed by atoms with E-state index < -0.39 is 0 Å². The van der Waals surface area contributed by atoms with Crippen LogP contribution >= 0.6 is 35.6 Å². The van der Waals surface area contributed by atoms with Gasteiger partial charge in [0.1, 0.15) is 5.76 Å². The fraction of sp³-hybridized carbons (Fsp3) is 0.545. The van der Waals surface area contributed by atoms with Gasteiger partial charge in [0.25, 0.3) is 0 Å². The lowest BCUT2D eigenvalue weighted by Gasteiger charge is -2.38. The number of aliphatic imine (C=N–C) groups is 1. The SMILES string of the molecule is CCc1noc(CC)c1CNC(=NC)NCC1(c2ccccc2Cl)CCOCC1.I. The van der Waals surface area contributed by atoms with Gasteiger partial charge in [0.2, 0.25) is 0 Å². The van der Waals surface area contributed by atoms with Gasteiger partial charge in [-0.3, -0.25) is 4.99 Å². The van der Waals surface area contributed by atoms with Crippen molar-refractivity contribution in [3.05, 3.63) is 51.9 Å². The number of benzene rings is 1. The molecule has 0 unspecified atom stereocenters. The van der Waals surface area contributed by atoms with Crippen LogP contribution in [0.3, 0.4) is 0 Å². The first-order chi connectivity index (χ1) is 14.1. The molecule has 6 nitrogen and oxygen atoms in total. The van der Waals surface area contributed by atoms with E-state index in [0.29, 0.717) is 6.54 Å². The summed E-state index contributed by atoms with van der Waals surface area (Å²) in [5.41, 5.74) is 3.23. The van der Waals surface area contributed by atoms with E-state index >= 15 is 0 Å². The molecule has 1 aromatic carbocycles. The molecule has 0 saturated carbocycles. The molecule has 0 amide bonds. The Hall–Kier alpha value is -1.32. The molecule has 1 saturated heterocycles. The number of rotatable bonds is 7. The van der Waals surface area contributed by atoms with E-state index in [0.717, 1.165) is 73.4 Å². The van der Waals surface area contributed by atoms with Gasteiger partial charge in [0.05, 0.1) is 5.69 Å². The third-order valence-electron chi connectivity index (χ3n) is 5.75. The zero-order chi connectivity index (χ0) is 20.7. The van der Waals surface area contributed by atoms with E-state index in [4.69, 9.17) is 20.9 Å². The van der Waals surface area contributed by atoms with E-state index in [-0.39, 0.29) is 29.4 Å². The minimum Gasteiger partial charge on any atom is -0.381 e. The number of nitrogens with one attached hydrogen (secondary N) is 2. The van der Waals surface area contributed by atoms with Gasteiger partial charge in [-0.15, -0.1) is 24.0 Å². The molecular weight excluding hydrogens is 515 g/mol. The fourth-order valence-electron chi connectivity index (χ4n) is 3.98. The molecule has 2 heterocycles. The Kier molecular flexibility index (Phi) is 9.90. The Morgan fingerprint density at radius 3 is 2.53 bits per heavy atom. The summed E-state index contributed by atoms with van der Waals surface area (Å²) in [6, 6.07) is 8.12. The molecule has 0 atom stereocenters. The molecule has 3 rings (SSSR count). The maximum absolute atomic E-state index is 6.56. The molecule has 1 aliphatic rings. The summed E-state index contributed by atoms with van der Waals surface area (Å²) in [5.74, 6) is 1.69. The van der Waals surface area contributed by atoms with Gasteiger partial charge in [0, 0.05) is 55.8 Å². The van der Waals surface area contributed by atoms with Crippen molar-refractivity contribution in [2.45, 2.75) is 51.5 Å². The molecular formula is C22H32ClIN4O2. The van der Waals surface area contributed by atoms with Crippen LogP contribution in [-0.2, 0) is 29.5 Å².